The number of carbonyl (C=O) groups excluding carboxylic acids is 1. The maximum Gasteiger partial charge on any atom is 0.160 e. The molecule has 0 N–H and O–H groups in total. The van der Waals surface area contributed by atoms with Gasteiger partial charge in [0.2, 0.25) is 0 Å². The molecule has 0 atom stereocenters. The summed E-state index contributed by atoms with van der Waals surface area (Å²) in [5.41, 5.74) is 2.21. The van der Waals surface area contributed by atoms with Crippen LogP contribution in [0.3, 0.4) is 0 Å². The number of carbonyl (C=O) groups is 1. The summed E-state index contributed by atoms with van der Waals surface area (Å²) in [6.07, 6.45) is 5.09. The Labute approximate surface area is 97.9 Å². The van der Waals surface area contributed by atoms with E-state index in [1.54, 1.807) is 6.92 Å². The van der Waals surface area contributed by atoms with Crippen LogP contribution in [0, 0.1) is 5.92 Å². The molecule has 0 bridgehead atoms. The zero-order valence-electron chi connectivity index (χ0n) is 10.2. The van der Waals surface area contributed by atoms with Gasteiger partial charge in [-0.3, -0.25) is 4.79 Å². The van der Waals surface area contributed by atoms with Crippen molar-refractivity contribution in [3.63, 3.8) is 0 Å². The van der Waals surface area contributed by atoms with Gasteiger partial charge >= 0.3 is 0 Å². The SMILES string of the molecule is CC(=O)c1ccccc1C1CCC(C)CC1. The van der Waals surface area contributed by atoms with Crippen LogP contribution in [0.2, 0.25) is 0 Å². The highest BCUT2D eigenvalue weighted by Gasteiger charge is 2.22. The fourth-order valence-electron chi connectivity index (χ4n) is 2.74. The highest BCUT2D eigenvalue weighted by molar-refractivity contribution is 5.95. The molecular weight excluding hydrogens is 196 g/mol. The Morgan fingerprint density at radius 3 is 2.38 bits per heavy atom. The number of ketones is 1. The third-order valence-electron chi connectivity index (χ3n) is 3.80. The van der Waals surface area contributed by atoms with E-state index in [1.165, 1.54) is 31.2 Å². The van der Waals surface area contributed by atoms with Crippen LogP contribution >= 0.6 is 0 Å². The first-order chi connectivity index (χ1) is 7.68. The Kier molecular flexibility index (Phi) is 3.42. The average molecular weight is 216 g/mol. The summed E-state index contributed by atoms with van der Waals surface area (Å²) in [6.45, 7) is 4.00. The molecule has 16 heavy (non-hydrogen) atoms. The summed E-state index contributed by atoms with van der Waals surface area (Å²) in [5, 5.41) is 0. The molecule has 1 aromatic rings. The zero-order valence-corrected chi connectivity index (χ0v) is 10.2. The second kappa shape index (κ2) is 4.82. The van der Waals surface area contributed by atoms with E-state index in [-0.39, 0.29) is 5.78 Å². The minimum absolute atomic E-state index is 0.203. The van der Waals surface area contributed by atoms with Gasteiger partial charge in [0.25, 0.3) is 0 Å². The van der Waals surface area contributed by atoms with Crippen molar-refractivity contribution in [1.82, 2.24) is 0 Å². The zero-order chi connectivity index (χ0) is 11.5. The molecule has 1 aromatic carbocycles. The van der Waals surface area contributed by atoms with E-state index in [0.29, 0.717) is 5.92 Å². The van der Waals surface area contributed by atoms with Gasteiger partial charge in [0, 0.05) is 5.56 Å². The molecule has 0 unspecified atom stereocenters. The van der Waals surface area contributed by atoms with Crippen LogP contribution in [0.25, 0.3) is 0 Å². The highest BCUT2D eigenvalue weighted by Crippen LogP contribution is 2.36. The lowest BCUT2D eigenvalue weighted by atomic mass is 9.78. The Morgan fingerprint density at radius 2 is 1.75 bits per heavy atom. The first kappa shape index (κ1) is 11.4. The summed E-state index contributed by atoms with van der Waals surface area (Å²) in [6, 6.07) is 8.12. The lowest BCUT2D eigenvalue weighted by Crippen LogP contribution is -2.13. The smallest absolute Gasteiger partial charge is 0.160 e. The number of hydrogen-bond donors (Lipinski definition) is 0. The molecule has 1 aliphatic rings. The molecular formula is C15H20O. The van der Waals surface area contributed by atoms with Gasteiger partial charge in [-0.1, -0.05) is 44.0 Å². The molecule has 0 aliphatic heterocycles. The maximum atomic E-state index is 11.6. The second-order valence-electron chi connectivity index (χ2n) is 5.10. The van der Waals surface area contributed by atoms with Crippen molar-refractivity contribution in [3.8, 4) is 0 Å². The van der Waals surface area contributed by atoms with E-state index in [4.69, 9.17) is 0 Å². The molecule has 0 saturated heterocycles. The molecule has 0 heterocycles. The molecule has 0 spiro atoms. The standard InChI is InChI=1S/C15H20O/c1-11-7-9-13(10-8-11)15-6-4-3-5-14(15)12(2)16/h3-6,11,13H,7-10H2,1-2H3. The van der Waals surface area contributed by atoms with Crippen LogP contribution in [-0.2, 0) is 0 Å². The third kappa shape index (κ3) is 2.34. The first-order valence-corrected chi connectivity index (χ1v) is 6.28. The lowest BCUT2D eigenvalue weighted by molar-refractivity contribution is 0.101. The Bertz CT molecular complexity index is 373. The minimum atomic E-state index is 0.203. The monoisotopic (exact) mass is 216 g/mol. The van der Waals surface area contributed by atoms with Crippen molar-refractivity contribution >= 4 is 5.78 Å². The van der Waals surface area contributed by atoms with Gasteiger partial charge in [-0.2, -0.15) is 0 Å². The van der Waals surface area contributed by atoms with Gasteiger partial charge in [-0.05, 0) is 37.2 Å². The van der Waals surface area contributed by atoms with Crippen molar-refractivity contribution in [2.45, 2.75) is 45.4 Å². The molecule has 1 nitrogen and oxygen atoms in total. The van der Waals surface area contributed by atoms with Crippen molar-refractivity contribution in [3.05, 3.63) is 35.4 Å². The summed E-state index contributed by atoms with van der Waals surface area (Å²) < 4.78 is 0. The Hall–Kier alpha value is -1.11. The van der Waals surface area contributed by atoms with E-state index in [1.807, 2.05) is 12.1 Å². The van der Waals surface area contributed by atoms with E-state index in [9.17, 15) is 4.79 Å². The van der Waals surface area contributed by atoms with Crippen LogP contribution in [0.5, 0.6) is 0 Å². The number of benzene rings is 1. The molecule has 2 rings (SSSR count). The molecule has 86 valence electrons. The number of rotatable bonds is 2. The Morgan fingerprint density at radius 1 is 1.12 bits per heavy atom. The van der Waals surface area contributed by atoms with Gasteiger partial charge in [0.15, 0.2) is 5.78 Å². The van der Waals surface area contributed by atoms with Gasteiger partial charge in [-0.25, -0.2) is 0 Å². The minimum Gasteiger partial charge on any atom is -0.295 e. The fourth-order valence-corrected chi connectivity index (χ4v) is 2.74. The average Bonchev–Trinajstić information content (AvgIpc) is 2.30. The fraction of sp³-hybridized carbons (Fsp3) is 0.533. The van der Waals surface area contributed by atoms with Crippen LogP contribution in [-0.4, -0.2) is 5.78 Å². The summed E-state index contributed by atoms with van der Waals surface area (Å²) in [5.74, 6) is 1.67. The third-order valence-corrected chi connectivity index (χ3v) is 3.80. The quantitative estimate of drug-likeness (QED) is 0.678. The van der Waals surface area contributed by atoms with Crippen molar-refractivity contribution in [2.75, 3.05) is 0 Å². The molecule has 1 aliphatic carbocycles. The Balaban J connectivity index is 2.23. The van der Waals surface area contributed by atoms with Gasteiger partial charge in [0.05, 0.1) is 0 Å². The van der Waals surface area contributed by atoms with Crippen molar-refractivity contribution in [2.24, 2.45) is 5.92 Å². The van der Waals surface area contributed by atoms with Gasteiger partial charge in [-0.15, -0.1) is 0 Å². The highest BCUT2D eigenvalue weighted by atomic mass is 16.1. The molecule has 0 aromatic heterocycles. The number of hydrogen-bond acceptors (Lipinski definition) is 1. The first-order valence-electron chi connectivity index (χ1n) is 6.28. The van der Waals surface area contributed by atoms with E-state index in [0.717, 1.165) is 11.5 Å². The predicted octanol–water partition coefficient (Wildman–Crippen LogP) is 4.18. The molecule has 0 radical (unpaired) electrons. The van der Waals surface area contributed by atoms with Crippen LogP contribution in [0.15, 0.2) is 24.3 Å². The summed E-state index contributed by atoms with van der Waals surface area (Å²) >= 11 is 0. The van der Waals surface area contributed by atoms with Crippen molar-refractivity contribution in [1.29, 1.82) is 0 Å². The topological polar surface area (TPSA) is 17.1 Å². The van der Waals surface area contributed by atoms with Crippen molar-refractivity contribution < 1.29 is 4.79 Å². The number of Topliss-reactive ketones (excluding diaryl/α,β-unsaturated/α-hetero) is 1. The largest absolute Gasteiger partial charge is 0.295 e. The van der Waals surface area contributed by atoms with Gasteiger partial charge < -0.3 is 0 Å². The predicted molar refractivity (Wildman–Crippen MR) is 66.8 cm³/mol. The van der Waals surface area contributed by atoms with E-state index in [2.05, 4.69) is 19.1 Å². The lowest BCUT2D eigenvalue weighted by Gasteiger charge is -2.27. The maximum absolute atomic E-state index is 11.6. The molecule has 1 saturated carbocycles. The second-order valence-corrected chi connectivity index (χ2v) is 5.10. The van der Waals surface area contributed by atoms with Crippen LogP contribution in [0.1, 0.15) is 61.4 Å². The van der Waals surface area contributed by atoms with Crippen LogP contribution < -0.4 is 0 Å². The summed E-state index contributed by atoms with van der Waals surface area (Å²) in [4.78, 5) is 11.6. The van der Waals surface area contributed by atoms with Gasteiger partial charge in [0.1, 0.15) is 0 Å². The molecule has 1 fully saturated rings. The van der Waals surface area contributed by atoms with Crippen LogP contribution in [0.4, 0.5) is 0 Å². The molecule has 0 amide bonds. The summed E-state index contributed by atoms with van der Waals surface area (Å²) in [7, 11) is 0. The van der Waals surface area contributed by atoms with E-state index < -0.39 is 0 Å². The normalized spacial score (nSPS) is 25.4. The van der Waals surface area contributed by atoms with E-state index >= 15 is 0 Å². The molecule has 1 heteroatoms.